The number of rotatable bonds is 7. The zero-order chi connectivity index (χ0) is 21.2. The number of carbonyl (C=O) groups is 1. The van der Waals surface area contributed by atoms with Gasteiger partial charge in [-0.15, -0.1) is 0 Å². The van der Waals surface area contributed by atoms with Gasteiger partial charge in [0, 0.05) is 18.6 Å². The van der Waals surface area contributed by atoms with Crippen LogP contribution in [-0.4, -0.2) is 51.7 Å². The van der Waals surface area contributed by atoms with Crippen LogP contribution in [0.2, 0.25) is 0 Å². The van der Waals surface area contributed by atoms with Crippen molar-refractivity contribution in [1.29, 1.82) is 0 Å². The summed E-state index contributed by atoms with van der Waals surface area (Å²) >= 11 is 3.42. The van der Waals surface area contributed by atoms with Crippen LogP contribution in [-0.2, 0) is 25.2 Å². The molecule has 0 saturated carbocycles. The lowest BCUT2D eigenvalue weighted by molar-refractivity contribution is -0.129. The zero-order valence-corrected chi connectivity index (χ0v) is 18.2. The summed E-state index contributed by atoms with van der Waals surface area (Å²) < 4.78 is 34.5. The van der Waals surface area contributed by atoms with Gasteiger partial charge in [-0.1, -0.05) is 40.2 Å². The Balaban J connectivity index is 2.02. The zero-order valence-electron chi connectivity index (χ0n) is 15.8. The molecule has 2 aromatic rings. The first-order chi connectivity index (χ1) is 13.7. The second-order valence-corrected chi connectivity index (χ2v) is 9.02. The van der Waals surface area contributed by atoms with E-state index >= 15 is 0 Å². The third-order valence-corrected chi connectivity index (χ3v) is 6.12. The number of aliphatic imine (C=N–C) groups is 1. The third-order valence-electron chi connectivity index (χ3n) is 4.52. The van der Waals surface area contributed by atoms with E-state index in [4.69, 9.17) is 14.7 Å². The molecule has 1 heterocycles. The minimum absolute atomic E-state index is 0.0290. The van der Waals surface area contributed by atoms with Gasteiger partial charge in [-0.05, 0) is 35.4 Å². The molecule has 154 valence electrons. The molecule has 8 nitrogen and oxygen atoms in total. The van der Waals surface area contributed by atoms with E-state index in [9.17, 15) is 13.2 Å². The predicted octanol–water partition coefficient (Wildman–Crippen LogP) is 1.83. The van der Waals surface area contributed by atoms with Crippen molar-refractivity contribution in [3.05, 3.63) is 64.1 Å². The molecule has 0 aliphatic carbocycles. The number of methoxy groups -OCH3 is 1. The molecule has 0 aromatic heterocycles. The van der Waals surface area contributed by atoms with Crippen molar-refractivity contribution in [3.8, 4) is 5.75 Å². The maximum absolute atomic E-state index is 13.2. The quantitative estimate of drug-likeness (QED) is 0.603. The Hall–Kier alpha value is -2.43. The van der Waals surface area contributed by atoms with Crippen molar-refractivity contribution in [2.45, 2.75) is 5.54 Å². The van der Waals surface area contributed by atoms with Gasteiger partial charge < -0.3 is 14.7 Å². The molecule has 10 heteroatoms. The second kappa shape index (κ2) is 8.13. The van der Waals surface area contributed by atoms with Gasteiger partial charge >= 0.3 is 10.1 Å². The second-order valence-electron chi connectivity index (χ2n) is 6.42. The summed E-state index contributed by atoms with van der Waals surface area (Å²) in [5.74, 6) is -0.353. The molecular formula is C19H20BrN3O5S. The van der Waals surface area contributed by atoms with Crippen molar-refractivity contribution >= 4 is 37.9 Å². The lowest BCUT2D eigenvalue weighted by atomic mass is 9.83. The molecule has 1 unspecified atom stereocenters. The molecule has 29 heavy (non-hydrogen) atoms. The average Bonchev–Trinajstić information content (AvgIpc) is 2.92. The largest absolute Gasteiger partial charge is 0.383 e. The average molecular weight is 482 g/mol. The molecule has 0 radical (unpaired) electrons. The van der Waals surface area contributed by atoms with Gasteiger partial charge in [0.05, 0.1) is 6.61 Å². The molecule has 0 fully saturated rings. The molecule has 1 aliphatic rings. The van der Waals surface area contributed by atoms with Crippen LogP contribution in [0.15, 0.2) is 58.0 Å². The van der Waals surface area contributed by atoms with E-state index in [-0.39, 0.29) is 30.0 Å². The van der Waals surface area contributed by atoms with Crippen LogP contribution in [0.1, 0.15) is 11.1 Å². The lowest BCUT2D eigenvalue weighted by Crippen LogP contribution is -2.41. The number of nitrogens with zero attached hydrogens (tertiary/aromatic N) is 2. The van der Waals surface area contributed by atoms with Gasteiger partial charge in [-0.2, -0.15) is 8.42 Å². The third kappa shape index (κ3) is 4.14. The first kappa shape index (κ1) is 21.3. The highest BCUT2D eigenvalue weighted by atomic mass is 79.9. The number of likely N-dealkylation sites (N-methyl/N-ethyl adjacent to an activating group) is 1. The number of amides is 1. The Kier molecular flexibility index (Phi) is 5.97. The molecule has 0 saturated heterocycles. The Morgan fingerprint density at radius 1 is 1.17 bits per heavy atom. The summed E-state index contributed by atoms with van der Waals surface area (Å²) in [6.45, 7) is 0.0290. The summed E-state index contributed by atoms with van der Waals surface area (Å²) in [5.41, 5.74) is 5.75. The summed E-state index contributed by atoms with van der Waals surface area (Å²) in [4.78, 5) is 18.9. The van der Waals surface area contributed by atoms with Crippen molar-refractivity contribution in [3.63, 3.8) is 0 Å². The van der Waals surface area contributed by atoms with E-state index in [0.29, 0.717) is 11.1 Å². The van der Waals surface area contributed by atoms with E-state index in [2.05, 4.69) is 20.9 Å². The number of hydrogen-bond acceptors (Lipinski definition) is 7. The van der Waals surface area contributed by atoms with E-state index in [1.807, 2.05) is 6.07 Å². The maximum Gasteiger partial charge on any atom is 0.311 e. The number of guanidine groups is 1. The first-order valence-corrected chi connectivity index (χ1v) is 11.0. The van der Waals surface area contributed by atoms with Gasteiger partial charge in [0.15, 0.2) is 11.5 Å². The normalized spacial score (nSPS) is 19.3. The van der Waals surface area contributed by atoms with Gasteiger partial charge in [0.25, 0.3) is 5.91 Å². The Morgan fingerprint density at radius 2 is 1.86 bits per heavy atom. The van der Waals surface area contributed by atoms with E-state index in [0.717, 1.165) is 4.47 Å². The van der Waals surface area contributed by atoms with Crippen LogP contribution < -0.4 is 9.92 Å². The van der Waals surface area contributed by atoms with Gasteiger partial charge in [-0.25, -0.2) is 4.99 Å². The SMILES string of the molecule is COCCS(=O)(=O)Oc1ccc(C2(c3cccc(Br)c3)N=C(N)N(C)C2=O)cc1. The highest BCUT2D eigenvalue weighted by Gasteiger charge is 2.49. The Bertz CT molecular complexity index is 1060. The fourth-order valence-corrected chi connectivity index (χ4v) is 4.28. The lowest BCUT2D eigenvalue weighted by Gasteiger charge is -2.26. The Morgan fingerprint density at radius 3 is 2.41 bits per heavy atom. The summed E-state index contributed by atoms with van der Waals surface area (Å²) in [6.07, 6.45) is 0. The molecule has 3 rings (SSSR count). The number of halogens is 1. The smallest absolute Gasteiger partial charge is 0.311 e. The molecule has 1 aliphatic heterocycles. The van der Waals surface area contributed by atoms with Crippen LogP contribution in [0.5, 0.6) is 5.75 Å². The van der Waals surface area contributed by atoms with Crippen molar-refractivity contribution in [2.75, 3.05) is 26.5 Å². The predicted molar refractivity (Wildman–Crippen MR) is 112 cm³/mol. The monoisotopic (exact) mass is 481 g/mol. The van der Waals surface area contributed by atoms with Gasteiger partial charge in [0.1, 0.15) is 11.5 Å². The van der Waals surface area contributed by atoms with Crippen molar-refractivity contribution < 1.29 is 22.1 Å². The van der Waals surface area contributed by atoms with Crippen LogP contribution in [0, 0.1) is 0 Å². The van der Waals surface area contributed by atoms with Crippen molar-refractivity contribution in [2.24, 2.45) is 10.7 Å². The maximum atomic E-state index is 13.2. The summed E-state index contributed by atoms with van der Waals surface area (Å²) in [6, 6.07) is 13.4. The Labute approximate surface area is 177 Å². The molecule has 1 amide bonds. The minimum atomic E-state index is -3.78. The van der Waals surface area contributed by atoms with Crippen LogP contribution in [0.3, 0.4) is 0 Å². The van der Waals surface area contributed by atoms with Gasteiger partial charge in [-0.3, -0.25) is 9.69 Å². The fourth-order valence-electron chi connectivity index (χ4n) is 3.02. The number of hydrogen-bond donors (Lipinski definition) is 1. The molecule has 0 bridgehead atoms. The van der Waals surface area contributed by atoms with Crippen LogP contribution in [0.25, 0.3) is 0 Å². The molecule has 1 atom stereocenters. The molecule has 0 spiro atoms. The summed E-state index contributed by atoms with van der Waals surface area (Å²) in [5, 5.41) is 0. The standard InChI is InChI=1S/C19H20BrN3O5S/c1-23-17(24)19(22-18(23)21,14-4-3-5-15(20)12-14)13-6-8-16(9-7-13)28-29(25,26)11-10-27-2/h3-9,12H,10-11H2,1-2H3,(H2,21,22). The van der Waals surface area contributed by atoms with Crippen molar-refractivity contribution in [1.82, 2.24) is 4.90 Å². The number of benzene rings is 2. The van der Waals surface area contributed by atoms with E-state index in [1.165, 1.54) is 24.1 Å². The number of ether oxygens (including phenoxy) is 1. The van der Waals surface area contributed by atoms with E-state index < -0.39 is 15.7 Å². The van der Waals surface area contributed by atoms with Crippen LogP contribution >= 0.6 is 15.9 Å². The number of nitrogens with two attached hydrogens (primary N) is 1. The van der Waals surface area contributed by atoms with Crippen LogP contribution in [0.4, 0.5) is 0 Å². The first-order valence-electron chi connectivity index (χ1n) is 8.61. The number of carbonyl (C=O) groups excluding carboxylic acids is 1. The van der Waals surface area contributed by atoms with Gasteiger partial charge in [0.2, 0.25) is 0 Å². The molecule has 2 aromatic carbocycles. The minimum Gasteiger partial charge on any atom is -0.383 e. The van der Waals surface area contributed by atoms with E-state index in [1.54, 1.807) is 37.4 Å². The highest BCUT2D eigenvalue weighted by Crippen LogP contribution is 2.40. The summed E-state index contributed by atoms with van der Waals surface area (Å²) in [7, 11) is -0.817. The fraction of sp³-hybridized carbons (Fsp3) is 0.263. The molecular weight excluding hydrogens is 462 g/mol. The molecule has 2 N–H and O–H groups in total. The topological polar surface area (TPSA) is 111 Å². The highest BCUT2D eigenvalue weighted by molar-refractivity contribution is 9.10.